The lowest BCUT2D eigenvalue weighted by Crippen LogP contribution is -2.37. The third-order valence-electron chi connectivity index (χ3n) is 3.75. The van der Waals surface area contributed by atoms with Crippen LogP contribution in [0.15, 0.2) is 24.3 Å². The lowest BCUT2D eigenvalue weighted by atomic mass is 10.1. The molecule has 0 saturated carbocycles. The topological polar surface area (TPSA) is 43.8 Å². The number of rotatable bonds is 5. The van der Waals surface area contributed by atoms with Gasteiger partial charge in [-0.2, -0.15) is 0 Å². The molecule has 1 aliphatic heterocycles. The van der Waals surface area contributed by atoms with Gasteiger partial charge in [0.15, 0.2) is 0 Å². The lowest BCUT2D eigenvalue weighted by molar-refractivity contribution is -0.131. The van der Waals surface area contributed by atoms with Crippen molar-refractivity contribution in [3.8, 4) is 0 Å². The molecule has 1 N–H and O–H groups in total. The summed E-state index contributed by atoms with van der Waals surface area (Å²) < 4.78 is 12.8. The quantitative estimate of drug-likeness (QED) is 0.878. The first-order valence-corrected chi connectivity index (χ1v) is 6.90. The molecule has 1 aliphatic rings. The van der Waals surface area contributed by atoms with E-state index < -0.39 is 0 Å². The summed E-state index contributed by atoms with van der Waals surface area (Å²) in [6.07, 6.45) is 0.950. The first-order valence-electron chi connectivity index (χ1n) is 6.90. The van der Waals surface area contributed by atoms with Crippen LogP contribution in [-0.4, -0.2) is 54.1 Å². The van der Waals surface area contributed by atoms with E-state index >= 15 is 0 Å². The van der Waals surface area contributed by atoms with Crippen LogP contribution in [0.1, 0.15) is 12.0 Å². The molecule has 0 radical (unpaired) electrons. The van der Waals surface area contributed by atoms with Gasteiger partial charge >= 0.3 is 0 Å². The van der Waals surface area contributed by atoms with Gasteiger partial charge in [-0.3, -0.25) is 9.69 Å². The molecule has 1 fully saturated rings. The summed E-state index contributed by atoms with van der Waals surface area (Å²) in [5.41, 5.74) is 0.914. The molecular formula is C15H21FN2O2. The van der Waals surface area contributed by atoms with Crippen molar-refractivity contribution in [1.82, 2.24) is 9.80 Å². The number of likely N-dealkylation sites (tertiary alicyclic amines) is 1. The fraction of sp³-hybridized carbons (Fsp3) is 0.533. The second-order valence-corrected chi connectivity index (χ2v) is 5.45. The molecule has 1 amide bonds. The number of halogens is 1. The number of aliphatic hydroxyl groups excluding tert-OH is 1. The average Bonchev–Trinajstić information content (AvgIpc) is 2.89. The van der Waals surface area contributed by atoms with Gasteiger partial charge in [-0.05, 0) is 36.6 Å². The van der Waals surface area contributed by atoms with Crippen molar-refractivity contribution in [2.75, 3.05) is 33.3 Å². The Bertz CT molecular complexity index is 450. The summed E-state index contributed by atoms with van der Waals surface area (Å²) in [6.45, 7) is 2.70. The second kappa shape index (κ2) is 6.81. The van der Waals surface area contributed by atoms with Crippen molar-refractivity contribution in [3.05, 3.63) is 35.6 Å². The summed E-state index contributed by atoms with van der Waals surface area (Å²) in [4.78, 5) is 15.8. The zero-order valence-electron chi connectivity index (χ0n) is 11.8. The minimum Gasteiger partial charge on any atom is -0.396 e. The number of nitrogens with zero attached hydrogens (tertiary/aromatic N) is 2. The first kappa shape index (κ1) is 14.9. The Morgan fingerprint density at radius 1 is 1.45 bits per heavy atom. The highest BCUT2D eigenvalue weighted by atomic mass is 19.1. The van der Waals surface area contributed by atoms with Gasteiger partial charge in [0.25, 0.3) is 0 Å². The summed E-state index contributed by atoms with van der Waals surface area (Å²) in [5.74, 6) is 0.0768. The predicted octanol–water partition coefficient (Wildman–Crippen LogP) is 1.10. The van der Waals surface area contributed by atoms with E-state index in [-0.39, 0.29) is 18.3 Å². The van der Waals surface area contributed by atoms with Gasteiger partial charge in [-0.15, -0.1) is 0 Å². The Labute approximate surface area is 118 Å². The molecule has 0 aromatic heterocycles. The Balaban J connectivity index is 1.81. The van der Waals surface area contributed by atoms with Crippen LogP contribution in [-0.2, 0) is 11.3 Å². The summed E-state index contributed by atoms with van der Waals surface area (Å²) in [5, 5.41) is 9.09. The van der Waals surface area contributed by atoms with E-state index in [1.54, 1.807) is 24.1 Å². The minimum atomic E-state index is -0.269. The fourth-order valence-electron chi connectivity index (χ4n) is 2.47. The van der Waals surface area contributed by atoms with Crippen molar-refractivity contribution in [2.45, 2.75) is 13.0 Å². The van der Waals surface area contributed by atoms with Crippen molar-refractivity contribution in [1.29, 1.82) is 0 Å². The van der Waals surface area contributed by atoms with Gasteiger partial charge in [0.05, 0.1) is 6.54 Å². The third-order valence-corrected chi connectivity index (χ3v) is 3.75. The molecule has 20 heavy (non-hydrogen) atoms. The van der Waals surface area contributed by atoms with Gasteiger partial charge in [0.2, 0.25) is 5.91 Å². The maximum Gasteiger partial charge on any atom is 0.236 e. The molecule has 2 rings (SSSR count). The van der Waals surface area contributed by atoms with Crippen LogP contribution in [0.4, 0.5) is 4.39 Å². The fourth-order valence-corrected chi connectivity index (χ4v) is 2.47. The van der Waals surface area contributed by atoms with Gasteiger partial charge in [-0.1, -0.05) is 12.1 Å². The van der Waals surface area contributed by atoms with Crippen LogP contribution in [0.5, 0.6) is 0 Å². The summed E-state index contributed by atoms with van der Waals surface area (Å²) in [7, 11) is 1.76. The maximum absolute atomic E-state index is 12.8. The number of aliphatic hydroxyl groups is 1. The number of benzene rings is 1. The number of carbonyl (C=O) groups excluding carboxylic acids is 1. The number of amides is 1. The van der Waals surface area contributed by atoms with Gasteiger partial charge in [-0.25, -0.2) is 4.39 Å². The molecule has 110 valence electrons. The number of hydrogen-bond donors (Lipinski definition) is 1. The summed E-state index contributed by atoms with van der Waals surface area (Å²) >= 11 is 0. The molecule has 0 aliphatic carbocycles. The van der Waals surface area contributed by atoms with E-state index in [0.717, 1.165) is 25.1 Å². The third kappa shape index (κ3) is 4.02. The van der Waals surface area contributed by atoms with Crippen LogP contribution >= 0.6 is 0 Å². The average molecular weight is 280 g/mol. The van der Waals surface area contributed by atoms with E-state index in [9.17, 15) is 9.18 Å². The number of hydrogen-bond acceptors (Lipinski definition) is 3. The van der Waals surface area contributed by atoms with Crippen LogP contribution < -0.4 is 0 Å². The van der Waals surface area contributed by atoms with Crippen molar-refractivity contribution in [3.63, 3.8) is 0 Å². The molecule has 0 bridgehead atoms. The standard InChI is InChI=1S/C15H21FN2O2/c1-17(8-12-2-4-14(16)5-3-12)15(20)10-18-7-6-13(9-18)11-19/h2-5,13,19H,6-11H2,1H3. The van der Waals surface area contributed by atoms with Crippen molar-refractivity contribution >= 4 is 5.91 Å². The Kier molecular flexibility index (Phi) is 5.09. The summed E-state index contributed by atoms with van der Waals surface area (Å²) in [6, 6.07) is 6.19. The zero-order chi connectivity index (χ0) is 14.5. The molecule has 1 saturated heterocycles. The first-order chi connectivity index (χ1) is 9.58. The Morgan fingerprint density at radius 3 is 2.75 bits per heavy atom. The van der Waals surface area contributed by atoms with Crippen molar-refractivity contribution < 1.29 is 14.3 Å². The van der Waals surface area contributed by atoms with E-state index in [1.807, 2.05) is 0 Å². The smallest absolute Gasteiger partial charge is 0.236 e. The molecule has 1 aromatic rings. The number of carbonyl (C=O) groups is 1. The van der Waals surface area contributed by atoms with Gasteiger partial charge in [0.1, 0.15) is 5.82 Å². The van der Waals surface area contributed by atoms with Gasteiger partial charge in [0, 0.05) is 26.7 Å². The second-order valence-electron chi connectivity index (χ2n) is 5.45. The predicted molar refractivity (Wildman–Crippen MR) is 74.5 cm³/mol. The maximum atomic E-state index is 12.8. The molecule has 4 nitrogen and oxygen atoms in total. The molecular weight excluding hydrogens is 259 g/mol. The molecule has 0 spiro atoms. The highest BCUT2D eigenvalue weighted by Crippen LogP contribution is 2.15. The van der Waals surface area contributed by atoms with E-state index in [1.165, 1.54) is 12.1 Å². The van der Waals surface area contributed by atoms with Crippen LogP contribution in [0.2, 0.25) is 0 Å². The minimum absolute atomic E-state index is 0.0490. The molecule has 1 heterocycles. The monoisotopic (exact) mass is 280 g/mol. The van der Waals surface area contributed by atoms with Crippen molar-refractivity contribution in [2.24, 2.45) is 5.92 Å². The molecule has 1 unspecified atom stereocenters. The Hall–Kier alpha value is -1.46. The molecule has 1 atom stereocenters. The highest BCUT2D eigenvalue weighted by molar-refractivity contribution is 5.78. The van der Waals surface area contributed by atoms with Crippen LogP contribution in [0.25, 0.3) is 0 Å². The van der Waals surface area contributed by atoms with Crippen LogP contribution in [0.3, 0.4) is 0 Å². The number of likely N-dealkylation sites (N-methyl/N-ethyl adjacent to an activating group) is 1. The Morgan fingerprint density at radius 2 is 2.15 bits per heavy atom. The zero-order valence-corrected chi connectivity index (χ0v) is 11.8. The molecule has 1 aromatic carbocycles. The van der Waals surface area contributed by atoms with E-state index in [4.69, 9.17) is 5.11 Å². The largest absolute Gasteiger partial charge is 0.396 e. The van der Waals surface area contributed by atoms with E-state index in [2.05, 4.69) is 4.90 Å². The van der Waals surface area contributed by atoms with E-state index in [0.29, 0.717) is 19.0 Å². The normalized spacial score (nSPS) is 19.2. The van der Waals surface area contributed by atoms with Gasteiger partial charge < -0.3 is 10.0 Å². The molecule has 5 heteroatoms. The van der Waals surface area contributed by atoms with Crippen LogP contribution in [0, 0.1) is 11.7 Å². The SMILES string of the molecule is CN(Cc1ccc(F)cc1)C(=O)CN1CCC(CO)C1. The lowest BCUT2D eigenvalue weighted by Gasteiger charge is -2.21. The highest BCUT2D eigenvalue weighted by Gasteiger charge is 2.24.